The first kappa shape index (κ1) is 27.9. The number of nitrogens with zero attached hydrogens (tertiary/aromatic N) is 2. The predicted molar refractivity (Wildman–Crippen MR) is 211 cm³/mol. The smallest absolute Gasteiger partial charge is 0.0548 e. The molecular formula is C46H30N2S. The van der Waals surface area contributed by atoms with Gasteiger partial charge in [0.25, 0.3) is 0 Å². The van der Waals surface area contributed by atoms with Crippen molar-refractivity contribution in [2.45, 2.75) is 0 Å². The zero-order chi connectivity index (χ0) is 32.3. The zero-order valence-corrected chi connectivity index (χ0v) is 27.4. The topological polar surface area (TPSA) is 8.17 Å². The summed E-state index contributed by atoms with van der Waals surface area (Å²) in [5, 5.41) is 7.53. The number of anilines is 3. The normalized spacial score (nSPS) is 11.7. The summed E-state index contributed by atoms with van der Waals surface area (Å²) in [6, 6.07) is 66.3. The molecule has 0 saturated carbocycles. The lowest BCUT2D eigenvalue weighted by Crippen LogP contribution is -2.11. The minimum Gasteiger partial charge on any atom is -0.310 e. The molecule has 0 aliphatic heterocycles. The molecule has 2 heterocycles. The summed E-state index contributed by atoms with van der Waals surface area (Å²) >= 11 is 1.86. The molecule has 0 atom stereocenters. The van der Waals surface area contributed by atoms with Gasteiger partial charge in [0.15, 0.2) is 0 Å². The summed E-state index contributed by atoms with van der Waals surface area (Å²) in [5.74, 6) is 0. The van der Waals surface area contributed by atoms with Gasteiger partial charge in [0.05, 0.1) is 16.7 Å². The second-order valence-corrected chi connectivity index (χ2v) is 13.6. The van der Waals surface area contributed by atoms with E-state index in [-0.39, 0.29) is 0 Å². The van der Waals surface area contributed by atoms with E-state index in [2.05, 4.69) is 191 Å². The van der Waals surface area contributed by atoms with Crippen molar-refractivity contribution < 1.29 is 0 Å². The maximum absolute atomic E-state index is 2.45. The highest BCUT2D eigenvalue weighted by Crippen LogP contribution is 2.49. The Morgan fingerprint density at radius 1 is 0.429 bits per heavy atom. The number of fused-ring (bicyclic) bond motifs is 7. The number of benzene rings is 8. The van der Waals surface area contributed by atoms with Crippen LogP contribution in [0, 0.1) is 0 Å². The number of hydrogen-bond donors (Lipinski definition) is 0. The van der Waals surface area contributed by atoms with Crippen LogP contribution < -0.4 is 4.90 Å². The highest BCUT2D eigenvalue weighted by Gasteiger charge is 2.24. The Morgan fingerprint density at radius 3 is 1.98 bits per heavy atom. The molecular weight excluding hydrogens is 613 g/mol. The molecule has 0 amide bonds. The lowest BCUT2D eigenvalue weighted by Gasteiger charge is -2.29. The fourth-order valence-corrected chi connectivity index (χ4v) is 8.67. The molecule has 0 aliphatic rings. The fraction of sp³-hybridized carbons (Fsp3) is 0. The van der Waals surface area contributed by atoms with Crippen LogP contribution in [0.2, 0.25) is 0 Å². The zero-order valence-electron chi connectivity index (χ0n) is 26.6. The van der Waals surface area contributed by atoms with Crippen LogP contribution in [-0.4, -0.2) is 4.57 Å². The Kier molecular flexibility index (Phi) is 6.39. The summed E-state index contributed by atoms with van der Waals surface area (Å²) in [6.45, 7) is 0. The largest absolute Gasteiger partial charge is 0.310 e. The average molecular weight is 643 g/mol. The van der Waals surface area contributed by atoms with E-state index in [1.807, 2.05) is 11.3 Å². The third-order valence-electron chi connectivity index (χ3n) is 9.74. The van der Waals surface area contributed by atoms with E-state index in [1.54, 1.807) is 0 Å². The van der Waals surface area contributed by atoms with Crippen molar-refractivity contribution in [3.63, 3.8) is 0 Å². The highest BCUT2D eigenvalue weighted by atomic mass is 32.1. The molecule has 0 spiro atoms. The first-order chi connectivity index (χ1) is 24.3. The Balaban J connectivity index is 1.34. The van der Waals surface area contributed by atoms with E-state index in [1.165, 1.54) is 63.9 Å². The van der Waals surface area contributed by atoms with E-state index in [0.717, 1.165) is 22.7 Å². The van der Waals surface area contributed by atoms with Gasteiger partial charge in [-0.3, -0.25) is 0 Å². The molecule has 49 heavy (non-hydrogen) atoms. The average Bonchev–Trinajstić information content (AvgIpc) is 3.71. The molecule has 230 valence electrons. The van der Waals surface area contributed by atoms with Gasteiger partial charge in [0.2, 0.25) is 0 Å². The molecule has 0 fully saturated rings. The van der Waals surface area contributed by atoms with E-state index < -0.39 is 0 Å². The van der Waals surface area contributed by atoms with E-state index in [0.29, 0.717) is 0 Å². The third kappa shape index (κ3) is 4.47. The lowest BCUT2D eigenvalue weighted by atomic mass is 9.94. The van der Waals surface area contributed by atoms with Crippen LogP contribution in [-0.2, 0) is 0 Å². The van der Waals surface area contributed by atoms with Crippen LogP contribution in [0.15, 0.2) is 182 Å². The van der Waals surface area contributed by atoms with Gasteiger partial charge < -0.3 is 9.47 Å². The molecule has 0 unspecified atom stereocenters. The number of hydrogen-bond acceptors (Lipinski definition) is 2. The van der Waals surface area contributed by atoms with Crippen molar-refractivity contribution in [2.24, 2.45) is 0 Å². The molecule has 10 rings (SSSR count). The van der Waals surface area contributed by atoms with E-state index >= 15 is 0 Å². The summed E-state index contributed by atoms with van der Waals surface area (Å²) < 4.78 is 5.03. The van der Waals surface area contributed by atoms with E-state index in [4.69, 9.17) is 0 Å². The molecule has 0 aliphatic carbocycles. The van der Waals surface area contributed by atoms with Gasteiger partial charge in [-0.1, -0.05) is 109 Å². The van der Waals surface area contributed by atoms with Crippen molar-refractivity contribution in [3.8, 4) is 16.8 Å². The molecule has 0 N–H and O–H groups in total. The number of para-hydroxylation sites is 3. The van der Waals surface area contributed by atoms with Gasteiger partial charge >= 0.3 is 0 Å². The van der Waals surface area contributed by atoms with Crippen LogP contribution in [0.3, 0.4) is 0 Å². The van der Waals surface area contributed by atoms with Crippen LogP contribution >= 0.6 is 11.3 Å². The Morgan fingerprint density at radius 2 is 1.12 bits per heavy atom. The molecule has 0 saturated heterocycles. The summed E-state index contributed by atoms with van der Waals surface area (Å²) in [7, 11) is 0. The summed E-state index contributed by atoms with van der Waals surface area (Å²) in [5.41, 5.74) is 9.34. The highest BCUT2D eigenvalue weighted by molar-refractivity contribution is 7.25. The van der Waals surface area contributed by atoms with Gasteiger partial charge in [-0.15, -0.1) is 11.3 Å². The maximum Gasteiger partial charge on any atom is 0.0548 e. The fourth-order valence-electron chi connectivity index (χ4n) is 7.59. The maximum atomic E-state index is 2.45. The minimum absolute atomic E-state index is 1.12. The molecule has 2 aromatic heterocycles. The Labute approximate surface area is 288 Å². The quantitative estimate of drug-likeness (QED) is 0.181. The van der Waals surface area contributed by atoms with Crippen molar-refractivity contribution >= 4 is 81.1 Å². The summed E-state index contributed by atoms with van der Waals surface area (Å²) in [4.78, 5) is 2.45. The minimum atomic E-state index is 1.12. The van der Waals surface area contributed by atoms with Crippen molar-refractivity contribution in [2.75, 3.05) is 4.90 Å². The van der Waals surface area contributed by atoms with Crippen molar-refractivity contribution in [3.05, 3.63) is 182 Å². The molecule has 10 aromatic rings. The van der Waals surface area contributed by atoms with Crippen molar-refractivity contribution in [1.82, 2.24) is 4.57 Å². The number of aromatic nitrogens is 1. The van der Waals surface area contributed by atoms with Gasteiger partial charge in [0.1, 0.15) is 0 Å². The van der Waals surface area contributed by atoms with Gasteiger partial charge in [-0.2, -0.15) is 0 Å². The Bertz CT molecular complexity index is 2830. The van der Waals surface area contributed by atoms with Gasteiger partial charge in [0, 0.05) is 53.6 Å². The standard InChI is InChI=1S/C46H30N2S/c1-3-15-34(16-4-1)47(36-25-28-44-39(30-36)37-19-10-12-22-43(37)49-44)41-26-27-42-46(45(41)33-24-23-31-13-7-8-14-32(31)29-33)38-20-9-11-21-40(38)48(42)35-17-5-2-6-18-35/h1-30H. The lowest BCUT2D eigenvalue weighted by molar-refractivity contribution is 1.18. The molecule has 0 bridgehead atoms. The monoisotopic (exact) mass is 642 g/mol. The number of thiophene rings is 1. The molecule has 2 nitrogen and oxygen atoms in total. The van der Waals surface area contributed by atoms with Gasteiger partial charge in [-0.25, -0.2) is 0 Å². The van der Waals surface area contributed by atoms with Crippen molar-refractivity contribution in [1.29, 1.82) is 0 Å². The second-order valence-electron chi connectivity index (χ2n) is 12.6. The number of rotatable bonds is 5. The molecule has 8 aromatic carbocycles. The molecule has 0 radical (unpaired) electrons. The van der Waals surface area contributed by atoms with Gasteiger partial charge in [-0.05, 0) is 89.1 Å². The Hall–Kier alpha value is -6.16. The second kappa shape index (κ2) is 11.2. The SMILES string of the molecule is c1ccc(N(c2ccc3sc4ccccc4c3c2)c2ccc3c(c2-c2ccc4ccccc4c2)c2ccccc2n3-c2ccccc2)cc1. The van der Waals surface area contributed by atoms with Crippen LogP contribution in [0.25, 0.3) is 69.6 Å². The third-order valence-corrected chi connectivity index (χ3v) is 10.9. The van der Waals surface area contributed by atoms with Crippen LogP contribution in [0.1, 0.15) is 0 Å². The summed E-state index contributed by atoms with van der Waals surface area (Å²) in [6.07, 6.45) is 0. The molecule has 3 heteroatoms. The predicted octanol–water partition coefficient (Wildman–Crippen LogP) is 13.4. The first-order valence-electron chi connectivity index (χ1n) is 16.7. The first-order valence-corrected chi connectivity index (χ1v) is 17.5. The van der Waals surface area contributed by atoms with E-state index in [9.17, 15) is 0 Å². The van der Waals surface area contributed by atoms with Crippen LogP contribution in [0.5, 0.6) is 0 Å². The van der Waals surface area contributed by atoms with Crippen LogP contribution in [0.4, 0.5) is 17.1 Å².